The van der Waals surface area contributed by atoms with Crippen LogP contribution in [0.25, 0.3) is 11.5 Å². The van der Waals surface area contributed by atoms with Gasteiger partial charge in [-0.25, -0.2) is 8.42 Å². The first-order valence-corrected chi connectivity index (χ1v) is 11.1. The van der Waals surface area contributed by atoms with E-state index in [1.165, 1.54) is 16.8 Å². The molecular formula is C18H18N4O4S2. The second-order valence-electron chi connectivity index (χ2n) is 6.36. The minimum absolute atomic E-state index is 0.0601. The second kappa shape index (κ2) is 7.82. The molecule has 1 aromatic carbocycles. The molecular weight excluding hydrogens is 400 g/mol. The summed E-state index contributed by atoms with van der Waals surface area (Å²) >= 11 is 1.11. The number of piperidine rings is 1. The van der Waals surface area contributed by atoms with Crippen molar-refractivity contribution in [1.82, 2.24) is 14.5 Å². The van der Waals surface area contributed by atoms with Gasteiger partial charge in [-0.1, -0.05) is 12.5 Å². The zero-order valence-electron chi connectivity index (χ0n) is 14.9. The molecule has 1 saturated heterocycles. The van der Waals surface area contributed by atoms with Crippen LogP contribution in [0.5, 0.6) is 0 Å². The number of sulfonamides is 1. The van der Waals surface area contributed by atoms with Crippen LogP contribution in [0, 0.1) is 0 Å². The van der Waals surface area contributed by atoms with Crippen molar-refractivity contribution in [3.63, 3.8) is 0 Å². The quantitative estimate of drug-likeness (QED) is 0.682. The molecule has 4 rings (SSSR count). The van der Waals surface area contributed by atoms with E-state index in [2.05, 4.69) is 15.5 Å². The van der Waals surface area contributed by atoms with E-state index in [0.29, 0.717) is 30.2 Å². The van der Waals surface area contributed by atoms with Gasteiger partial charge >= 0.3 is 0 Å². The van der Waals surface area contributed by atoms with Gasteiger partial charge in [0.25, 0.3) is 5.91 Å². The maximum absolute atomic E-state index is 13.0. The molecule has 3 aromatic rings. The van der Waals surface area contributed by atoms with E-state index in [0.717, 1.165) is 30.6 Å². The number of carbonyl (C=O) groups excluding carboxylic acids is 1. The number of thiophene rings is 1. The molecule has 0 saturated carbocycles. The summed E-state index contributed by atoms with van der Waals surface area (Å²) in [6.07, 6.45) is 3.93. The lowest BCUT2D eigenvalue weighted by Gasteiger charge is -2.25. The van der Waals surface area contributed by atoms with Gasteiger partial charge in [-0.05, 0) is 42.5 Å². The summed E-state index contributed by atoms with van der Waals surface area (Å²) in [6.45, 7) is 0.983. The number of hydrogen-bond acceptors (Lipinski definition) is 7. The predicted octanol–water partition coefficient (Wildman–Crippen LogP) is 3.23. The van der Waals surface area contributed by atoms with Crippen molar-refractivity contribution < 1.29 is 17.6 Å². The molecule has 0 aliphatic carbocycles. The average molecular weight is 419 g/mol. The molecule has 146 valence electrons. The highest BCUT2D eigenvalue weighted by atomic mass is 32.2. The summed E-state index contributed by atoms with van der Waals surface area (Å²) in [5.41, 5.74) is 1.16. The molecule has 2 aromatic heterocycles. The average Bonchev–Trinajstić information content (AvgIpc) is 3.41. The Morgan fingerprint density at radius 2 is 2.00 bits per heavy atom. The standard InChI is InChI=1S/C18H18N4O4S2/c23-17(20-14-6-4-5-13(11-14)18-21-19-12-26-18)16-15(7-10-27-16)28(24,25)22-8-2-1-3-9-22/h4-7,10-12H,1-3,8-9H2,(H,20,23). The van der Waals surface area contributed by atoms with E-state index < -0.39 is 15.9 Å². The van der Waals surface area contributed by atoms with Gasteiger partial charge in [0, 0.05) is 24.3 Å². The Balaban J connectivity index is 1.57. The number of carbonyl (C=O) groups is 1. The number of benzene rings is 1. The number of rotatable bonds is 5. The molecule has 10 heteroatoms. The van der Waals surface area contributed by atoms with Gasteiger partial charge in [0.15, 0.2) is 0 Å². The van der Waals surface area contributed by atoms with Crippen LogP contribution in [-0.2, 0) is 10.0 Å². The van der Waals surface area contributed by atoms with Crippen LogP contribution in [0.2, 0.25) is 0 Å². The molecule has 8 nitrogen and oxygen atoms in total. The van der Waals surface area contributed by atoms with Crippen molar-refractivity contribution in [2.75, 3.05) is 18.4 Å². The van der Waals surface area contributed by atoms with Crippen LogP contribution >= 0.6 is 11.3 Å². The van der Waals surface area contributed by atoms with E-state index >= 15 is 0 Å². The number of amides is 1. The topological polar surface area (TPSA) is 105 Å². The first kappa shape index (κ1) is 18.8. The number of nitrogens with one attached hydrogen (secondary N) is 1. The van der Waals surface area contributed by atoms with Gasteiger partial charge in [0.1, 0.15) is 9.77 Å². The first-order valence-electron chi connectivity index (χ1n) is 8.81. The molecule has 0 bridgehead atoms. The highest BCUT2D eigenvalue weighted by Gasteiger charge is 2.31. The molecule has 1 amide bonds. The van der Waals surface area contributed by atoms with Gasteiger partial charge in [-0.15, -0.1) is 21.5 Å². The molecule has 0 radical (unpaired) electrons. The molecule has 3 heterocycles. The van der Waals surface area contributed by atoms with Crippen molar-refractivity contribution in [2.45, 2.75) is 24.2 Å². The van der Waals surface area contributed by atoms with Crippen LogP contribution < -0.4 is 5.32 Å². The Morgan fingerprint density at radius 3 is 2.75 bits per heavy atom. The fraction of sp³-hybridized carbons (Fsp3) is 0.278. The third kappa shape index (κ3) is 3.71. The molecule has 1 aliphatic heterocycles. The van der Waals surface area contributed by atoms with Gasteiger partial charge in [0.2, 0.25) is 22.3 Å². The fourth-order valence-electron chi connectivity index (χ4n) is 3.13. The number of anilines is 1. The van der Waals surface area contributed by atoms with E-state index in [1.807, 2.05) is 0 Å². The Bertz CT molecular complexity index is 1070. The monoisotopic (exact) mass is 418 g/mol. The summed E-state index contributed by atoms with van der Waals surface area (Å²) in [5.74, 6) is -0.131. The van der Waals surface area contributed by atoms with Gasteiger partial charge < -0.3 is 9.73 Å². The van der Waals surface area contributed by atoms with E-state index in [-0.39, 0.29) is 9.77 Å². The van der Waals surface area contributed by atoms with Crippen molar-refractivity contribution in [2.24, 2.45) is 0 Å². The number of nitrogens with zero attached hydrogens (tertiary/aromatic N) is 3. The molecule has 1 N–H and O–H groups in total. The van der Waals surface area contributed by atoms with Gasteiger partial charge in [-0.3, -0.25) is 4.79 Å². The lowest BCUT2D eigenvalue weighted by Crippen LogP contribution is -2.36. The Labute approximate surface area is 166 Å². The zero-order chi connectivity index (χ0) is 19.6. The zero-order valence-corrected chi connectivity index (χ0v) is 16.5. The summed E-state index contributed by atoms with van der Waals surface area (Å²) < 4.78 is 32.6. The van der Waals surface area contributed by atoms with E-state index in [9.17, 15) is 13.2 Å². The lowest BCUT2D eigenvalue weighted by molar-refractivity contribution is 0.102. The minimum Gasteiger partial charge on any atom is -0.423 e. The van der Waals surface area contributed by atoms with Gasteiger partial charge in [0.05, 0.1) is 0 Å². The van der Waals surface area contributed by atoms with Crippen LogP contribution in [0.4, 0.5) is 5.69 Å². The van der Waals surface area contributed by atoms with Gasteiger partial charge in [-0.2, -0.15) is 4.31 Å². The van der Waals surface area contributed by atoms with Crippen LogP contribution in [-0.4, -0.2) is 41.9 Å². The number of aromatic nitrogens is 2. The Morgan fingerprint density at radius 1 is 1.18 bits per heavy atom. The van der Waals surface area contributed by atoms with Crippen molar-refractivity contribution >= 4 is 33.0 Å². The van der Waals surface area contributed by atoms with Crippen molar-refractivity contribution in [3.05, 3.63) is 47.0 Å². The summed E-state index contributed by atoms with van der Waals surface area (Å²) in [5, 5.41) is 11.9. The summed E-state index contributed by atoms with van der Waals surface area (Å²) in [4.78, 5) is 13.0. The third-order valence-corrected chi connectivity index (χ3v) is 7.48. The van der Waals surface area contributed by atoms with Crippen LogP contribution in [0.3, 0.4) is 0 Å². The largest absolute Gasteiger partial charge is 0.423 e. The minimum atomic E-state index is -3.68. The smallest absolute Gasteiger partial charge is 0.267 e. The normalized spacial score (nSPS) is 15.4. The third-order valence-electron chi connectivity index (χ3n) is 4.50. The molecule has 1 fully saturated rings. The van der Waals surface area contributed by atoms with Crippen molar-refractivity contribution in [3.8, 4) is 11.5 Å². The highest BCUT2D eigenvalue weighted by Crippen LogP contribution is 2.28. The number of hydrogen-bond donors (Lipinski definition) is 1. The van der Waals surface area contributed by atoms with Crippen LogP contribution in [0.1, 0.15) is 28.9 Å². The Hall–Kier alpha value is -2.56. The van der Waals surface area contributed by atoms with E-state index in [1.54, 1.807) is 29.6 Å². The van der Waals surface area contributed by atoms with Crippen molar-refractivity contribution in [1.29, 1.82) is 0 Å². The maximum Gasteiger partial charge on any atom is 0.267 e. The molecule has 0 unspecified atom stereocenters. The summed E-state index contributed by atoms with van der Waals surface area (Å²) in [7, 11) is -3.68. The fourth-order valence-corrected chi connectivity index (χ4v) is 5.94. The molecule has 0 atom stereocenters. The van der Waals surface area contributed by atoms with E-state index in [4.69, 9.17) is 4.42 Å². The molecule has 1 aliphatic rings. The van der Waals surface area contributed by atoms with Crippen LogP contribution in [0.15, 0.2) is 51.4 Å². The Kier molecular flexibility index (Phi) is 5.25. The second-order valence-corrected chi connectivity index (χ2v) is 9.18. The molecule has 0 spiro atoms. The summed E-state index contributed by atoms with van der Waals surface area (Å²) in [6, 6.07) is 8.43. The molecule has 28 heavy (non-hydrogen) atoms. The lowest BCUT2D eigenvalue weighted by atomic mass is 10.2. The predicted molar refractivity (Wildman–Crippen MR) is 105 cm³/mol. The highest BCUT2D eigenvalue weighted by molar-refractivity contribution is 7.89. The maximum atomic E-state index is 13.0. The first-order chi connectivity index (χ1) is 13.6. The SMILES string of the molecule is O=C(Nc1cccc(-c2nnco2)c1)c1sccc1S(=O)(=O)N1CCCCC1.